The van der Waals surface area contributed by atoms with Gasteiger partial charge in [-0.05, 0) is 72.8 Å². The number of ether oxygens (including phenoxy) is 1. The molecule has 8 bridgehead atoms. The van der Waals surface area contributed by atoms with E-state index in [1.54, 1.807) is 0 Å². The summed E-state index contributed by atoms with van der Waals surface area (Å²) < 4.78 is 9.93. The molecule has 4 N–H and O–H groups in total. The van der Waals surface area contributed by atoms with Gasteiger partial charge >= 0.3 is 62.3 Å². The van der Waals surface area contributed by atoms with Gasteiger partial charge in [-0.3, -0.25) is 0 Å². The summed E-state index contributed by atoms with van der Waals surface area (Å²) in [7, 11) is 0. The number of carbonyl (C=O) groups excluding carboxylic acids is 1. The molecule has 33 heavy (non-hydrogen) atoms. The van der Waals surface area contributed by atoms with Crippen molar-refractivity contribution in [2.45, 2.75) is 26.4 Å². The van der Waals surface area contributed by atoms with Crippen LogP contribution in [0.5, 0.6) is 0 Å². The van der Waals surface area contributed by atoms with Crippen LogP contribution >= 0.6 is 0 Å². The number of hydrogen-bond donors (Lipinski definition) is 3. The maximum absolute atomic E-state index is 10.6. The van der Waals surface area contributed by atoms with Crippen molar-refractivity contribution in [2.24, 2.45) is 4.48 Å². The van der Waals surface area contributed by atoms with E-state index in [9.17, 15) is 4.79 Å². The number of nitrogens with zero attached hydrogens (tertiary/aromatic N) is 2. The number of nitrogens with one attached hydrogen (secondary N) is 2. The first kappa shape index (κ1) is 22.8. The van der Waals surface area contributed by atoms with Crippen molar-refractivity contribution in [2.75, 3.05) is 0 Å². The maximum atomic E-state index is 10.6. The van der Waals surface area contributed by atoms with Crippen LogP contribution in [-0.2, 0) is 22.1 Å². The van der Waals surface area contributed by atoms with E-state index in [2.05, 4.69) is 44.2 Å². The van der Waals surface area contributed by atoms with Crippen LogP contribution in [0.3, 0.4) is 0 Å². The summed E-state index contributed by atoms with van der Waals surface area (Å²) in [6.07, 6.45) is 8.09. The molecule has 0 amide bonds. The SMILES string of the molecule is C1=Cc2cc3ccc(cc4nc(cc5ccc(cc1n2)[nH]5)C=C4)[nH]3.CC(C)(C)O[C](=O)[Zn][NH2]. The average Bonchev–Trinajstić information content (AvgIpc) is 3.53. The predicted octanol–water partition coefficient (Wildman–Crippen LogP) is 5.53. The topological polar surface area (TPSA) is 110 Å². The molecule has 5 rings (SSSR count). The van der Waals surface area contributed by atoms with Crippen molar-refractivity contribution in [3.05, 3.63) is 71.3 Å². The van der Waals surface area contributed by atoms with Crippen molar-refractivity contribution < 1.29 is 26.9 Å². The molecule has 0 radical (unpaired) electrons. The van der Waals surface area contributed by atoms with Crippen molar-refractivity contribution in [1.29, 1.82) is 0 Å². The summed E-state index contributed by atoms with van der Waals surface area (Å²) >= 11 is -1.47. The third-order valence-electron chi connectivity index (χ3n) is 4.63. The molecule has 0 spiro atoms. The molecule has 7 nitrogen and oxygen atoms in total. The van der Waals surface area contributed by atoms with E-state index in [4.69, 9.17) is 9.21 Å². The van der Waals surface area contributed by atoms with Gasteiger partial charge in [0.15, 0.2) is 0 Å². The number of rotatable bonds is 1. The Morgan fingerprint density at radius 1 is 0.758 bits per heavy atom. The van der Waals surface area contributed by atoms with E-state index in [1.807, 2.05) is 69.3 Å². The molecular formula is C25H25N5O2Zn. The average molecular weight is 493 g/mol. The Bertz CT molecular complexity index is 1220. The Kier molecular flexibility index (Phi) is 6.68. The summed E-state index contributed by atoms with van der Waals surface area (Å²) in [4.78, 5) is 26.6. The predicted molar refractivity (Wildman–Crippen MR) is 129 cm³/mol. The Morgan fingerprint density at radius 2 is 1.09 bits per heavy atom. The van der Waals surface area contributed by atoms with E-state index in [0.717, 1.165) is 44.8 Å². The van der Waals surface area contributed by atoms with Crippen LogP contribution in [0.4, 0.5) is 4.79 Å². The molecule has 2 aliphatic rings. The molecule has 5 heterocycles. The van der Waals surface area contributed by atoms with Crippen molar-refractivity contribution in [1.82, 2.24) is 19.9 Å². The molecule has 2 aliphatic heterocycles. The van der Waals surface area contributed by atoms with Gasteiger partial charge in [0.05, 0.1) is 22.8 Å². The summed E-state index contributed by atoms with van der Waals surface area (Å²) in [5.74, 6) is 0. The van der Waals surface area contributed by atoms with Gasteiger partial charge in [-0.15, -0.1) is 0 Å². The van der Waals surface area contributed by atoms with Gasteiger partial charge in [-0.25, -0.2) is 9.97 Å². The third kappa shape index (κ3) is 6.57. The van der Waals surface area contributed by atoms with Gasteiger partial charge in [0.2, 0.25) is 0 Å². The number of aromatic amines is 2. The monoisotopic (exact) mass is 491 g/mol. The minimum atomic E-state index is -1.47. The standard InChI is InChI=1S/C20H14N4.C5H9O2.H2N.Zn/c1-2-14-10-16-5-6-18(23-16)12-20-8-7-19(24-20)11-17-4-3-15(22-17)9-13(1)21-14;1-5(2,3)7-4-6;;/h1-12,21,24H;1-3H3;1H2;/q;;-1;+1. The van der Waals surface area contributed by atoms with Crippen LogP contribution in [0.2, 0.25) is 0 Å². The molecule has 3 aromatic heterocycles. The van der Waals surface area contributed by atoms with Crippen LogP contribution in [-0.4, -0.2) is 30.1 Å². The fraction of sp³-hybridized carbons (Fsp3) is 0.160. The fourth-order valence-corrected chi connectivity index (χ4v) is 4.41. The van der Waals surface area contributed by atoms with Gasteiger partial charge in [0.25, 0.3) is 0 Å². The summed E-state index contributed by atoms with van der Waals surface area (Å²) in [5, 5.41) is 0. The number of H-pyrrole nitrogens is 2. The number of fused-ring (bicyclic) bond motifs is 8. The zero-order chi connectivity index (χ0) is 23.4. The van der Waals surface area contributed by atoms with Gasteiger partial charge in [0, 0.05) is 22.1 Å². The normalized spacial score (nSPS) is 12.0. The van der Waals surface area contributed by atoms with Crippen LogP contribution in [0.15, 0.2) is 48.5 Å². The van der Waals surface area contributed by atoms with E-state index in [-0.39, 0.29) is 10.2 Å². The summed E-state index contributed by atoms with van der Waals surface area (Å²) in [6.45, 7) is 5.51. The molecule has 0 saturated heterocycles. The Labute approximate surface area is 199 Å². The van der Waals surface area contributed by atoms with Crippen molar-refractivity contribution >= 4 is 50.9 Å². The first-order valence-electron chi connectivity index (χ1n) is 10.7. The Balaban J connectivity index is 0.000000248. The van der Waals surface area contributed by atoms with Gasteiger partial charge in [-0.1, -0.05) is 0 Å². The second-order valence-electron chi connectivity index (χ2n) is 8.70. The van der Waals surface area contributed by atoms with Crippen LogP contribution in [0.1, 0.15) is 43.5 Å². The van der Waals surface area contributed by atoms with E-state index >= 15 is 0 Å². The molecule has 0 saturated carbocycles. The Hall–Kier alpha value is -3.35. The molecule has 0 aromatic carbocycles. The Morgan fingerprint density at radius 3 is 1.33 bits per heavy atom. The second kappa shape index (κ2) is 9.65. The fourth-order valence-electron chi connectivity index (χ4n) is 3.33. The third-order valence-corrected chi connectivity index (χ3v) is 5.63. The van der Waals surface area contributed by atoms with Gasteiger partial charge < -0.3 is 9.97 Å². The molecule has 0 atom stereocenters. The van der Waals surface area contributed by atoms with E-state index < -0.39 is 17.4 Å². The zero-order valence-corrected chi connectivity index (χ0v) is 21.9. The van der Waals surface area contributed by atoms with Gasteiger partial charge in [0.1, 0.15) is 0 Å². The van der Waals surface area contributed by atoms with Crippen LogP contribution in [0.25, 0.3) is 46.4 Å². The second-order valence-corrected chi connectivity index (χ2v) is 10.8. The quantitative estimate of drug-likeness (QED) is 0.266. The van der Waals surface area contributed by atoms with Crippen molar-refractivity contribution in [3.63, 3.8) is 0 Å². The van der Waals surface area contributed by atoms with Gasteiger partial charge in [-0.2, -0.15) is 0 Å². The molecule has 0 aliphatic carbocycles. The van der Waals surface area contributed by atoms with E-state index in [0.29, 0.717) is 0 Å². The first-order chi connectivity index (χ1) is 15.8. The molecular weight excluding hydrogens is 468 g/mol. The molecule has 8 heteroatoms. The molecule has 164 valence electrons. The minimum absolute atomic E-state index is 0.171. The zero-order valence-electron chi connectivity index (χ0n) is 18.9. The number of hydrogen-bond acceptors (Lipinski definition) is 5. The summed E-state index contributed by atoms with van der Waals surface area (Å²) in [6, 6.07) is 16.4. The number of carbonyl (C=O) groups is 1. The summed E-state index contributed by atoms with van der Waals surface area (Å²) in [5.41, 5.74) is 7.50. The number of nitrogens with two attached hydrogens (primary N) is 1. The molecule has 3 aromatic rings. The molecule has 0 fully saturated rings. The first-order valence-corrected chi connectivity index (χ1v) is 13.9. The van der Waals surface area contributed by atoms with E-state index in [1.165, 1.54) is 0 Å². The molecule has 0 unspecified atom stereocenters. The van der Waals surface area contributed by atoms with Crippen LogP contribution in [0, 0.1) is 0 Å². The number of aromatic nitrogens is 4. The van der Waals surface area contributed by atoms with Crippen molar-refractivity contribution in [3.8, 4) is 0 Å². The van der Waals surface area contributed by atoms with Crippen LogP contribution < -0.4 is 4.48 Å².